The summed E-state index contributed by atoms with van der Waals surface area (Å²) in [5.41, 5.74) is 1.64. The molecule has 4 aromatic rings. The third-order valence-electron chi connectivity index (χ3n) is 4.49. The van der Waals surface area contributed by atoms with Crippen LogP contribution in [0.4, 0.5) is 10.1 Å². The van der Waals surface area contributed by atoms with Gasteiger partial charge >= 0.3 is 0 Å². The second-order valence-electron chi connectivity index (χ2n) is 6.45. The highest BCUT2D eigenvalue weighted by atomic mass is 35.5. The molecule has 0 N–H and O–H groups in total. The van der Waals surface area contributed by atoms with Crippen LogP contribution in [0.5, 0.6) is 0 Å². The molecule has 2 heterocycles. The fourth-order valence-electron chi connectivity index (χ4n) is 2.94. The molecule has 2 aromatic heterocycles. The Hall–Kier alpha value is -2.97. The third-order valence-corrected chi connectivity index (χ3v) is 6.50. The lowest BCUT2D eigenvalue weighted by molar-refractivity contribution is 0.589. The van der Waals surface area contributed by atoms with Gasteiger partial charge in [0.1, 0.15) is 16.5 Å². The predicted octanol–water partition coefficient (Wildman–Crippen LogP) is 4.23. The lowest BCUT2D eigenvalue weighted by Crippen LogP contribution is -2.30. The Morgan fingerprint density at radius 2 is 1.69 bits per heavy atom. The first kappa shape index (κ1) is 19.4. The first-order chi connectivity index (χ1) is 13.8. The van der Waals surface area contributed by atoms with Gasteiger partial charge in [0.05, 0.1) is 12.2 Å². The molecule has 0 aliphatic carbocycles. The van der Waals surface area contributed by atoms with Crippen LogP contribution in [0.15, 0.2) is 71.8 Å². The van der Waals surface area contributed by atoms with Crippen molar-refractivity contribution in [2.75, 3.05) is 4.31 Å². The van der Waals surface area contributed by atoms with E-state index >= 15 is 0 Å². The normalized spacial score (nSPS) is 11.7. The van der Waals surface area contributed by atoms with E-state index in [0.717, 1.165) is 5.56 Å². The van der Waals surface area contributed by atoms with E-state index in [1.165, 1.54) is 40.8 Å². The lowest BCUT2D eigenvalue weighted by Gasteiger charge is -2.25. The molecule has 0 amide bonds. The standard InChI is InChI=1S/C20H16ClFN4O2S/c1-14-23-24-20-11-10-19(13-25(14)20)29(27,28)26(18-8-6-17(22)7-9-18)12-15-2-4-16(21)5-3-15/h2-11,13H,12H2,1H3. The van der Waals surface area contributed by atoms with Crippen molar-refractivity contribution in [2.24, 2.45) is 0 Å². The summed E-state index contributed by atoms with van der Waals surface area (Å²) in [6.45, 7) is 1.80. The smallest absolute Gasteiger partial charge is 0.266 e. The molecule has 0 saturated heterocycles. The van der Waals surface area contributed by atoms with Crippen LogP contribution >= 0.6 is 11.6 Å². The maximum atomic E-state index is 13.5. The van der Waals surface area contributed by atoms with Crippen LogP contribution in [0.2, 0.25) is 5.02 Å². The van der Waals surface area contributed by atoms with E-state index in [-0.39, 0.29) is 11.4 Å². The highest BCUT2D eigenvalue weighted by molar-refractivity contribution is 7.92. The van der Waals surface area contributed by atoms with Gasteiger partial charge in [-0.25, -0.2) is 12.8 Å². The molecular formula is C20H16ClFN4O2S. The van der Waals surface area contributed by atoms with Crippen molar-refractivity contribution in [3.63, 3.8) is 0 Å². The van der Waals surface area contributed by atoms with Gasteiger partial charge < -0.3 is 0 Å². The second-order valence-corrected chi connectivity index (χ2v) is 8.75. The maximum absolute atomic E-state index is 13.5. The molecule has 0 unspecified atom stereocenters. The van der Waals surface area contributed by atoms with E-state index in [4.69, 9.17) is 11.6 Å². The molecule has 6 nitrogen and oxygen atoms in total. The van der Waals surface area contributed by atoms with E-state index in [9.17, 15) is 12.8 Å². The number of sulfonamides is 1. The van der Waals surface area contributed by atoms with Crippen molar-refractivity contribution >= 4 is 33.0 Å². The van der Waals surface area contributed by atoms with Crippen molar-refractivity contribution in [3.8, 4) is 0 Å². The Kier molecular flexibility index (Phi) is 4.97. The minimum atomic E-state index is -3.96. The van der Waals surface area contributed by atoms with E-state index in [0.29, 0.717) is 22.2 Å². The van der Waals surface area contributed by atoms with Crippen molar-refractivity contribution in [1.29, 1.82) is 0 Å². The minimum Gasteiger partial charge on any atom is -0.285 e. The summed E-state index contributed by atoms with van der Waals surface area (Å²) in [5.74, 6) is 0.127. The molecule has 0 saturated carbocycles. The van der Waals surface area contributed by atoms with Crippen LogP contribution in [0.3, 0.4) is 0 Å². The molecule has 0 atom stereocenters. The monoisotopic (exact) mass is 430 g/mol. The molecular weight excluding hydrogens is 415 g/mol. The van der Waals surface area contributed by atoms with Crippen LogP contribution in [0, 0.1) is 12.7 Å². The minimum absolute atomic E-state index is 0.0599. The van der Waals surface area contributed by atoms with Gasteiger partial charge in [0.15, 0.2) is 5.65 Å². The van der Waals surface area contributed by atoms with Gasteiger partial charge in [-0.2, -0.15) is 0 Å². The van der Waals surface area contributed by atoms with E-state index in [1.54, 1.807) is 41.7 Å². The topological polar surface area (TPSA) is 67.6 Å². The van der Waals surface area contributed by atoms with Crippen LogP contribution < -0.4 is 4.31 Å². The number of aromatic nitrogens is 3. The number of nitrogens with zero attached hydrogens (tertiary/aromatic N) is 4. The van der Waals surface area contributed by atoms with Crippen molar-refractivity contribution in [3.05, 3.63) is 89.1 Å². The molecule has 4 rings (SSSR count). The van der Waals surface area contributed by atoms with Gasteiger partial charge in [-0.1, -0.05) is 23.7 Å². The first-order valence-electron chi connectivity index (χ1n) is 8.69. The van der Waals surface area contributed by atoms with Gasteiger partial charge in [0.2, 0.25) is 0 Å². The van der Waals surface area contributed by atoms with Crippen molar-refractivity contribution in [1.82, 2.24) is 14.6 Å². The van der Waals surface area contributed by atoms with Gasteiger partial charge in [0.25, 0.3) is 10.0 Å². The molecule has 9 heteroatoms. The molecule has 2 aromatic carbocycles. The van der Waals surface area contributed by atoms with Crippen LogP contribution in [0.1, 0.15) is 11.4 Å². The Bertz CT molecular complexity index is 1270. The van der Waals surface area contributed by atoms with Crippen molar-refractivity contribution in [2.45, 2.75) is 18.4 Å². The van der Waals surface area contributed by atoms with Gasteiger partial charge in [-0.05, 0) is 61.0 Å². The number of hydrogen-bond acceptors (Lipinski definition) is 4. The molecule has 0 aliphatic heterocycles. The summed E-state index contributed by atoms with van der Waals surface area (Å²) in [6, 6.07) is 15.3. The quantitative estimate of drug-likeness (QED) is 0.475. The zero-order valence-corrected chi connectivity index (χ0v) is 16.9. The number of fused-ring (bicyclic) bond motifs is 1. The van der Waals surface area contributed by atoms with Gasteiger partial charge in [-0.3, -0.25) is 8.71 Å². The van der Waals surface area contributed by atoms with Crippen LogP contribution in [-0.2, 0) is 16.6 Å². The molecule has 0 bridgehead atoms. The molecule has 0 spiro atoms. The lowest BCUT2D eigenvalue weighted by atomic mass is 10.2. The summed E-state index contributed by atoms with van der Waals surface area (Å²) < 4.78 is 43.3. The van der Waals surface area contributed by atoms with E-state index < -0.39 is 15.8 Å². The second kappa shape index (κ2) is 7.46. The van der Waals surface area contributed by atoms with Gasteiger partial charge in [-0.15, -0.1) is 10.2 Å². The Morgan fingerprint density at radius 3 is 2.38 bits per heavy atom. The maximum Gasteiger partial charge on any atom is 0.266 e. The zero-order chi connectivity index (χ0) is 20.6. The fourth-order valence-corrected chi connectivity index (χ4v) is 4.52. The first-order valence-corrected chi connectivity index (χ1v) is 10.5. The molecule has 29 heavy (non-hydrogen) atoms. The average Bonchev–Trinajstić information content (AvgIpc) is 3.09. The molecule has 148 valence electrons. The van der Waals surface area contributed by atoms with Gasteiger partial charge in [0, 0.05) is 11.2 Å². The number of benzene rings is 2. The Balaban J connectivity index is 1.82. The number of hydrogen-bond donors (Lipinski definition) is 0. The number of pyridine rings is 1. The largest absolute Gasteiger partial charge is 0.285 e. The molecule has 0 radical (unpaired) electrons. The van der Waals surface area contributed by atoms with Crippen LogP contribution in [-0.4, -0.2) is 23.0 Å². The highest BCUT2D eigenvalue weighted by Gasteiger charge is 2.26. The highest BCUT2D eigenvalue weighted by Crippen LogP contribution is 2.27. The number of rotatable bonds is 5. The number of halogens is 2. The summed E-state index contributed by atoms with van der Waals surface area (Å²) in [5, 5.41) is 8.49. The molecule has 0 fully saturated rings. The predicted molar refractivity (Wildman–Crippen MR) is 109 cm³/mol. The number of aryl methyl sites for hydroxylation is 1. The van der Waals surface area contributed by atoms with Crippen LogP contribution in [0.25, 0.3) is 5.65 Å². The summed E-state index contributed by atoms with van der Waals surface area (Å²) >= 11 is 5.94. The fraction of sp³-hybridized carbons (Fsp3) is 0.100. The van der Waals surface area contributed by atoms with E-state index in [2.05, 4.69) is 10.2 Å². The van der Waals surface area contributed by atoms with E-state index in [1.807, 2.05) is 0 Å². The zero-order valence-electron chi connectivity index (χ0n) is 15.3. The number of anilines is 1. The third kappa shape index (κ3) is 3.81. The van der Waals surface area contributed by atoms with Crippen molar-refractivity contribution < 1.29 is 12.8 Å². The Morgan fingerprint density at radius 1 is 1.00 bits per heavy atom. The summed E-state index contributed by atoms with van der Waals surface area (Å²) in [7, 11) is -3.96. The SMILES string of the molecule is Cc1nnc2ccc(S(=O)(=O)N(Cc3ccc(Cl)cc3)c3ccc(F)cc3)cn12. The summed E-state index contributed by atoms with van der Waals surface area (Å²) in [6.07, 6.45) is 1.48. The average molecular weight is 431 g/mol. The summed E-state index contributed by atoms with van der Waals surface area (Å²) in [4.78, 5) is 0.0752. The molecule has 0 aliphatic rings. The Labute approximate surface area is 172 Å².